The molecule has 3 aromatic heterocycles. The van der Waals surface area contributed by atoms with E-state index in [0.717, 1.165) is 34.4 Å². The second kappa shape index (κ2) is 18.5. The van der Waals surface area contributed by atoms with Gasteiger partial charge in [-0.05, 0) is 67.8 Å². The van der Waals surface area contributed by atoms with Crippen LogP contribution in [-0.4, -0.2) is 88.8 Å². The summed E-state index contributed by atoms with van der Waals surface area (Å²) >= 11 is 1.75. The van der Waals surface area contributed by atoms with Crippen molar-refractivity contribution in [2.24, 2.45) is 0 Å². The Balaban J connectivity index is 0.902. The van der Waals surface area contributed by atoms with Crippen molar-refractivity contribution in [3.8, 4) is 11.4 Å². The summed E-state index contributed by atoms with van der Waals surface area (Å²) in [7, 11) is 0. The topological polar surface area (TPSA) is 177 Å². The van der Waals surface area contributed by atoms with Gasteiger partial charge in [-0.3, -0.25) is 24.2 Å². The number of hydrogen-bond acceptors (Lipinski definition) is 12. The molecule has 0 aliphatic carbocycles. The molecule has 0 saturated heterocycles. The Morgan fingerprint density at radius 3 is 2.67 bits per heavy atom. The maximum absolute atomic E-state index is 13.7. The number of nitrogens with zero attached hydrogens (tertiary/aromatic N) is 3. The summed E-state index contributed by atoms with van der Waals surface area (Å²) in [6, 6.07) is 15.3. The Hall–Kier alpha value is -5.12. The molecular formula is C40H45N5O9S. The molecule has 2 aliphatic heterocycles. The van der Waals surface area contributed by atoms with E-state index in [1.165, 1.54) is 5.56 Å². The van der Waals surface area contributed by atoms with Gasteiger partial charge in [0.2, 0.25) is 17.4 Å². The van der Waals surface area contributed by atoms with E-state index in [-0.39, 0.29) is 61.5 Å². The normalized spacial score (nSPS) is 16.1. The number of aryl methyl sites for hydroxylation is 1. The zero-order valence-electron chi connectivity index (χ0n) is 31.0. The van der Waals surface area contributed by atoms with Gasteiger partial charge < -0.3 is 34.1 Å². The van der Waals surface area contributed by atoms with Crippen LogP contribution in [0.25, 0.3) is 22.3 Å². The first-order chi connectivity index (χ1) is 26.7. The summed E-state index contributed by atoms with van der Waals surface area (Å²) in [6.07, 6.45) is 5.46. The minimum Gasteiger partial charge on any atom is -0.457 e. The third kappa shape index (κ3) is 9.58. The van der Waals surface area contributed by atoms with Crippen molar-refractivity contribution in [3.05, 3.63) is 93.5 Å². The summed E-state index contributed by atoms with van der Waals surface area (Å²) < 4.78 is 23.9. The molecule has 2 atom stereocenters. The van der Waals surface area contributed by atoms with E-state index < -0.39 is 30.0 Å². The van der Waals surface area contributed by atoms with Gasteiger partial charge in [-0.1, -0.05) is 25.1 Å². The zero-order valence-corrected chi connectivity index (χ0v) is 31.8. The Labute approximate surface area is 322 Å². The quantitative estimate of drug-likeness (QED) is 0.0926. The predicted molar refractivity (Wildman–Crippen MR) is 205 cm³/mol. The molecule has 2 aliphatic rings. The molecule has 0 spiro atoms. The fraction of sp³-hybridized carbons (Fsp3) is 0.425. The van der Waals surface area contributed by atoms with E-state index in [0.29, 0.717) is 37.3 Å². The average Bonchev–Trinajstić information content (AvgIpc) is 3.55. The number of carbonyl (C=O) groups excluding carboxylic acids is 4. The Kier molecular flexibility index (Phi) is 13.3. The van der Waals surface area contributed by atoms with E-state index in [1.54, 1.807) is 41.7 Å². The number of nitrogens with one attached hydrogen (secondary N) is 2. The van der Waals surface area contributed by atoms with E-state index in [9.17, 15) is 24.0 Å². The second-order valence-electron chi connectivity index (χ2n) is 13.3. The number of pyridine rings is 3. The number of para-hydroxylation sites is 1. The first kappa shape index (κ1) is 39.6. The van der Waals surface area contributed by atoms with E-state index in [1.807, 2.05) is 49.4 Å². The van der Waals surface area contributed by atoms with Gasteiger partial charge in [0.05, 0.1) is 48.3 Å². The predicted octanol–water partition coefficient (Wildman–Crippen LogP) is 3.44. The highest BCUT2D eigenvalue weighted by molar-refractivity contribution is 7.99. The summed E-state index contributed by atoms with van der Waals surface area (Å²) in [6.45, 7) is 3.63. The second-order valence-corrected chi connectivity index (χ2v) is 14.6. The summed E-state index contributed by atoms with van der Waals surface area (Å²) in [5, 5.41) is 6.31. The highest BCUT2D eigenvalue weighted by atomic mass is 32.2. The number of ether oxygens (including phenoxy) is 4. The molecule has 1 aromatic carbocycles. The molecule has 2 N–H and O–H groups in total. The fourth-order valence-corrected chi connectivity index (χ4v) is 7.51. The Morgan fingerprint density at radius 1 is 1.04 bits per heavy atom. The smallest absolute Gasteiger partial charge is 0.355 e. The van der Waals surface area contributed by atoms with Crippen LogP contribution in [0.5, 0.6) is 0 Å². The minimum atomic E-state index is -1.88. The molecule has 4 aromatic rings. The van der Waals surface area contributed by atoms with Gasteiger partial charge >= 0.3 is 11.9 Å². The lowest BCUT2D eigenvalue weighted by Gasteiger charge is -2.35. The van der Waals surface area contributed by atoms with Gasteiger partial charge in [-0.25, -0.2) is 9.78 Å². The summed E-state index contributed by atoms with van der Waals surface area (Å²) in [5.74, 6) is -0.524. The number of fused-ring (bicyclic) bond motifs is 5. The number of aromatic nitrogens is 3. The third-order valence-electron chi connectivity index (χ3n) is 9.60. The van der Waals surface area contributed by atoms with Crippen LogP contribution in [0.15, 0.2) is 65.7 Å². The largest absolute Gasteiger partial charge is 0.457 e. The molecule has 0 bridgehead atoms. The molecule has 290 valence electrons. The number of esters is 2. The molecule has 14 nitrogen and oxygen atoms in total. The van der Waals surface area contributed by atoms with Gasteiger partial charge in [0, 0.05) is 47.6 Å². The number of thioether (sulfide) groups is 1. The summed E-state index contributed by atoms with van der Waals surface area (Å²) in [5.41, 5.74) is 2.28. The molecule has 0 saturated carbocycles. The van der Waals surface area contributed by atoms with Crippen LogP contribution in [0.2, 0.25) is 0 Å². The highest BCUT2D eigenvalue weighted by Crippen LogP contribution is 2.41. The number of carbonyl (C=O) groups is 4. The third-order valence-corrected chi connectivity index (χ3v) is 10.6. The number of amides is 2. The molecule has 6 rings (SSSR count). The maximum Gasteiger partial charge on any atom is 0.355 e. The average molecular weight is 772 g/mol. The van der Waals surface area contributed by atoms with Crippen LogP contribution in [-0.2, 0) is 63.3 Å². The van der Waals surface area contributed by atoms with Gasteiger partial charge in [-0.2, -0.15) is 11.8 Å². The van der Waals surface area contributed by atoms with Crippen LogP contribution < -0.4 is 16.2 Å². The van der Waals surface area contributed by atoms with Crippen LogP contribution in [0.3, 0.4) is 0 Å². The molecule has 5 heterocycles. The van der Waals surface area contributed by atoms with E-state index in [4.69, 9.17) is 23.9 Å². The van der Waals surface area contributed by atoms with E-state index in [2.05, 4.69) is 15.6 Å². The first-order valence-electron chi connectivity index (χ1n) is 18.4. The lowest BCUT2D eigenvalue weighted by molar-refractivity contribution is -0.189. The standard InChI is InChI=1S/C40H45N5O9S/c1-3-40(31-21-33-37-29(20-28-6-4-5-7-32(28)44-37)23-45(33)38(49)30(31)24-53-39(40)50)54-36(48)22-43-35(47)25-51-16-17-52-26(2)8-15-42-34(46)12-19-55-18-11-27-9-13-41-14-10-27/h4-7,9-10,13-14,20-21,26H,3,8,11-12,15-19,22-25H2,1-2H3,(H,42,46)(H,43,47)/t26?,40-/m0/s1. The van der Waals surface area contributed by atoms with Gasteiger partial charge in [-0.15, -0.1) is 0 Å². The molecule has 55 heavy (non-hydrogen) atoms. The lowest BCUT2D eigenvalue weighted by atomic mass is 9.85. The number of benzene rings is 1. The Bertz CT molecular complexity index is 2090. The minimum absolute atomic E-state index is 0.000561. The van der Waals surface area contributed by atoms with Crippen LogP contribution in [0.4, 0.5) is 0 Å². The number of hydrogen-bond donors (Lipinski definition) is 2. The van der Waals surface area contributed by atoms with Crippen molar-refractivity contribution in [3.63, 3.8) is 0 Å². The SMILES string of the molecule is CC[C@@]1(OC(=O)CNC(=O)COCCOC(C)CCNC(=O)CCSCCc2ccncc2)C(=O)OCc2c1cc1n(c2=O)Cc2cc3ccccc3nc2-1. The van der Waals surface area contributed by atoms with Crippen molar-refractivity contribution in [2.45, 2.75) is 64.4 Å². The molecule has 0 radical (unpaired) electrons. The highest BCUT2D eigenvalue weighted by Gasteiger charge is 2.50. The fourth-order valence-electron chi connectivity index (χ4n) is 6.60. The first-order valence-corrected chi connectivity index (χ1v) is 19.6. The van der Waals surface area contributed by atoms with Gasteiger partial charge in [0.25, 0.3) is 5.56 Å². The molecule has 0 fully saturated rings. The lowest BCUT2D eigenvalue weighted by Crippen LogP contribution is -2.48. The van der Waals surface area contributed by atoms with Crippen molar-refractivity contribution in [2.75, 3.05) is 44.4 Å². The van der Waals surface area contributed by atoms with Crippen molar-refractivity contribution < 1.29 is 38.1 Å². The van der Waals surface area contributed by atoms with Crippen molar-refractivity contribution >= 4 is 46.4 Å². The van der Waals surface area contributed by atoms with Crippen LogP contribution in [0, 0.1) is 0 Å². The van der Waals surface area contributed by atoms with E-state index >= 15 is 0 Å². The number of cyclic esters (lactones) is 1. The van der Waals surface area contributed by atoms with Gasteiger partial charge in [0.1, 0.15) is 19.8 Å². The maximum atomic E-state index is 13.7. The van der Waals surface area contributed by atoms with Crippen molar-refractivity contribution in [1.82, 2.24) is 25.2 Å². The van der Waals surface area contributed by atoms with Crippen LogP contribution >= 0.6 is 11.8 Å². The molecule has 2 amide bonds. The molecule has 15 heteroatoms. The number of rotatable bonds is 19. The summed E-state index contributed by atoms with van der Waals surface area (Å²) in [4.78, 5) is 73.5. The molecule has 1 unspecified atom stereocenters. The zero-order chi connectivity index (χ0) is 38.8. The van der Waals surface area contributed by atoms with Gasteiger partial charge in [0.15, 0.2) is 0 Å². The van der Waals surface area contributed by atoms with Crippen molar-refractivity contribution in [1.29, 1.82) is 0 Å². The monoisotopic (exact) mass is 771 g/mol. The molecular weight excluding hydrogens is 727 g/mol. The van der Waals surface area contributed by atoms with Crippen LogP contribution in [0.1, 0.15) is 55.4 Å². The Morgan fingerprint density at radius 2 is 1.85 bits per heavy atom.